The van der Waals surface area contributed by atoms with Crippen LogP contribution in [0.25, 0.3) is 0 Å². The molecule has 0 bridgehead atoms. The van der Waals surface area contributed by atoms with Gasteiger partial charge < -0.3 is 11.1 Å². The Morgan fingerprint density at radius 2 is 1.81 bits per heavy atom. The number of hydrogen-bond donors (Lipinski definition) is 2. The molecule has 2 aromatic carbocycles. The van der Waals surface area contributed by atoms with Gasteiger partial charge in [-0.3, -0.25) is 4.79 Å². The molecule has 110 valence electrons. The summed E-state index contributed by atoms with van der Waals surface area (Å²) < 4.78 is 26.0. The maximum Gasteiger partial charge on any atom is 0.251 e. The zero-order valence-electron chi connectivity index (χ0n) is 11.6. The Kier molecular flexibility index (Phi) is 4.52. The minimum atomic E-state index is -0.623. The van der Waals surface area contributed by atoms with Crippen LogP contribution in [0.1, 0.15) is 21.5 Å². The maximum atomic E-state index is 13.0. The van der Waals surface area contributed by atoms with Gasteiger partial charge in [-0.25, -0.2) is 8.78 Å². The van der Waals surface area contributed by atoms with E-state index < -0.39 is 11.6 Å². The number of halogens is 2. The lowest BCUT2D eigenvalue weighted by atomic mass is 10.1. The van der Waals surface area contributed by atoms with Crippen LogP contribution in [0, 0.1) is 18.6 Å². The molecule has 21 heavy (non-hydrogen) atoms. The fourth-order valence-electron chi connectivity index (χ4n) is 1.96. The number of nitrogens with one attached hydrogen (secondary N) is 1. The van der Waals surface area contributed by atoms with Crippen molar-refractivity contribution in [3.05, 3.63) is 64.7 Å². The fourth-order valence-corrected chi connectivity index (χ4v) is 1.96. The van der Waals surface area contributed by atoms with E-state index in [-0.39, 0.29) is 12.5 Å². The zero-order valence-corrected chi connectivity index (χ0v) is 11.6. The molecular weight excluding hydrogens is 274 g/mol. The van der Waals surface area contributed by atoms with E-state index in [2.05, 4.69) is 5.32 Å². The maximum absolute atomic E-state index is 13.0. The van der Waals surface area contributed by atoms with E-state index in [1.165, 1.54) is 12.1 Å². The van der Waals surface area contributed by atoms with Crippen LogP contribution in [-0.4, -0.2) is 12.5 Å². The van der Waals surface area contributed by atoms with Crippen molar-refractivity contribution < 1.29 is 13.6 Å². The van der Waals surface area contributed by atoms with Gasteiger partial charge in [0.05, 0.1) is 0 Å². The SMILES string of the molecule is Cc1ccc(C(=O)NCCc2cc(F)cc(F)c2)cc1N. The van der Waals surface area contributed by atoms with Crippen molar-refractivity contribution in [3.8, 4) is 0 Å². The topological polar surface area (TPSA) is 55.1 Å². The summed E-state index contributed by atoms with van der Waals surface area (Å²) in [6.45, 7) is 2.14. The van der Waals surface area contributed by atoms with Gasteiger partial charge in [0.15, 0.2) is 0 Å². The van der Waals surface area contributed by atoms with E-state index in [1.807, 2.05) is 6.92 Å². The number of benzene rings is 2. The molecule has 0 aliphatic carbocycles. The molecular formula is C16H16F2N2O. The van der Waals surface area contributed by atoms with Gasteiger partial charge in [-0.2, -0.15) is 0 Å². The molecule has 1 amide bonds. The molecule has 5 heteroatoms. The van der Waals surface area contributed by atoms with Gasteiger partial charge in [0, 0.05) is 23.9 Å². The fraction of sp³-hybridized carbons (Fsp3) is 0.188. The minimum absolute atomic E-state index is 0.265. The Balaban J connectivity index is 1.93. The van der Waals surface area contributed by atoms with E-state index in [4.69, 9.17) is 5.73 Å². The number of amides is 1. The molecule has 0 aliphatic rings. The van der Waals surface area contributed by atoms with Crippen molar-refractivity contribution in [1.82, 2.24) is 5.32 Å². The molecule has 0 fully saturated rings. The van der Waals surface area contributed by atoms with Gasteiger partial charge in [-0.1, -0.05) is 6.07 Å². The Labute approximate surface area is 121 Å². The summed E-state index contributed by atoms with van der Waals surface area (Å²) >= 11 is 0. The third-order valence-electron chi connectivity index (χ3n) is 3.16. The molecule has 0 spiro atoms. The van der Waals surface area contributed by atoms with Crippen LogP contribution in [0.4, 0.5) is 14.5 Å². The number of carbonyl (C=O) groups is 1. The van der Waals surface area contributed by atoms with Gasteiger partial charge in [0.2, 0.25) is 0 Å². The van der Waals surface area contributed by atoms with E-state index in [0.29, 0.717) is 23.2 Å². The van der Waals surface area contributed by atoms with Crippen LogP contribution in [0.2, 0.25) is 0 Å². The summed E-state index contributed by atoms with van der Waals surface area (Å²) in [6.07, 6.45) is 0.349. The van der Waals surface area contributed by atoms with E-state index in [1.54, 1.807) is 18.2 Å². The first-order chi connectivity index (χ1) is 9.95. The summed E-state index contributed by atoms with van der Waals surface area (Å²) in [5.74, 6) is -1.51. The zero-order chi connectivity index (χ0) is 15.4. The lowest BCUT2D eigenvalue weighted by molar-refractivity contribution is 0.0954. The average molecular weight is 290 g/mol. The Morgan fingerprint density at radius 1 is 1.14 bits per heavy atom. The summed E-state index contributed by atoms with van der Waals surface area (Å²) in [6, 6.07) is 8.37. The van der Waals surface area contributed by atoms with Crippen LogP contribution in [0.15, 0.2) is 36.4 Å². The Morgan fingerprint density at radius 3 is 2.43 bits per heavy atom. The summed E-state index contributed by atoms with van der Waals surface area (Å²) in [5, 5.41) is 2.69. The summed E-state index contributed by atoms with van der Waals surface area (Å²) in [5.41, 5.74) is 8.16. The highest BCUT2D eigenvalue weighted by atomic mass is 19.1. The van der Waals surface area contributed by atoms with E-state index >= 15 is 0 Å². The molecule has 0 atom stereocenters. The standard InChI is InChI=1S/C16H16F2N2O/c1-10-2-3-12(8-15(10)19)16(21)20-5-4-11-6-13(17)9-14(18)7-11/h2-3,6-9H,4-5,19H2,1H3,(H,20,21). The second kappa shape index (κ2) is 6.35. The molecule has 0 saturated carbocycles. The van der Waals surface area contributed by atoms with Crippen molar-refractivity contribution >= 4 is 11.6 Å². The normalized spacial score (nSPS) is 10.4. The number of hydrogen-bond acceptors (Lipinski definition) is 2. The molecule has 2 rings (SSSR count). The first-order valence-electron chi connectivity index (χ1n) is 6.55. The molecule has 3 nitrogen and oxygen atoms in total. The third-order valence-corrected chi connectivity index (χ3v) is 3.16. The smallest absolute Gasteiger partial charge is 0.251 e. The van der Waals surface area contributed by atoms with E-state index in [0.717, 1.165) is 11.6 Å². The third kappa shape index (κ3) is 4.02. The van der Waals surface area contributed by atoms with Crippen molar-refractivity contribution in [2.45, 2.75) is 13.3 Å². The number of nitrogen functional groups attached to an aromatic ring is 1. The van der Waals surface area contributed by atoms with Crippen LogP contribution >= 0.6 is 0 Å². The van der Waals surface area contributed by atoms with E-state index in [9.17, 15) is 13.6 Å². The molecule has 0 heterocycles. The first kappa shape index (κ1) is 15.0. The van der Waals surface area contributed by atoms with Crippen molar-refractivity contribution in [2.24, 2.45) is 0 Å². The quantitative estimate of drug-likeness (QED) is 0.851. The van der Waals surface area contributed by atoms with Crippen molar-refractivity contribution in [3.63, 3.8) is 0 Å². The van der Waals surface area contributed by atoms with Crippen LogP contribution < -0.4 is 11.1 Å². The average Bonchev–Trinajstić information content (AvgIpc) is 2.40. The van der Waals surface area contributed by atoms with Crippen molar-refractivity contribution in [2.75, 3.05) is 12.3 Å². The number of rotatable bonds is 4. The number of nitrogens with two attached hydrogens (primary N) is 1. The molecule has 0 aliphatic heterocycles. The van der Waals surface area contributed by atoms with Crippen molar-refractivity contribution in [1.29, 1.82) is 0 Å². The highest BCUT2D eigenvalue weighted by Gasteiger charge is 2.07. The van der Waals surface area contributed by atoms with Gasteiger partial charge in [0.1, 0.15) is 11.6 Å². The molecule has 0 saturated heterocycles. The predicted octanol–water partition coefficient (Wildman–Crippen LogP) is 2.83. The number of aryl methyl sites for hydroxylation is 1. The molecule has 0 aromatic heterocycles. The summed E-state index contributed by atoms with van der Waals surface area (Å²) in [7, 11) is 0. The summed E-state index contributed by atoms with van der Waals surface area (Å²) in [4.78, 5) is 11.9. The highest BCUT2D eigenvalue weighted by Crippen LogP contribution is 2.13. The predicted molar refractivity (Wildman–Crippen MR) is 78.0 cm³/mol. The molecule has 0 radical (unpaired) electrons. The van der Waals surface area contributed by atoms with Gasteiger partial charge in [-0.15, -0.1) is 0 Å². The molecule has 3 N–H and O–H groups in total. The first-order valence-corrected chi connectivity index (χ1v) is 6.55. The van der Waals surface area contributed by atoms with Crippen LogP contribution in [0.3, 0.4) is 0 Å². The molecule has 2 aromatic rings. The number of carbonyl (C=O) groups excluding carboxylic acids is 1. The molecule has 0 unspecified atom stereocenters. The second-order valence-corrected chi connectivity index (χ2v) is 4.85. The van der Waals surface area contributed by atoms with Gasteiger partial charge in [-0.05, 0) is 48.7 Å². The monoisotopic (exact) mass is 290 g/mol. The van der Waals surface area contributed by atoms with Gasteiger partial charge in [0.25, 0.3) is 5.91 Å². The van der Waals surface area contributed by atoms with Crippen LogP contribution in [0.5, 0.6) is 0 Å². The minimum Gasteiger partial charge on any atom is -0.398 e. The Bertz CT molecular complexity index is 651. The lowest BCUT2D eigenvalue weighted by Crippen LogP contribution is -2.25. The Hall–Kier alpha value is -2.43. The van der Waals surface area contributed by atoms with Gasteiger partial charge >= 0.3 is 0 Å². The highest BCUT2D eigenvalue weighted by molar-refractivity contribution is 5.95. The van der Waals surface area contributed by atoms with Crippen LogP contribution in [-0.2, 0) is 6.42 Å². The lowest BCUT2D eigenvalue weighted by Gasteiger charge is -2.07. The largest absolute Gasteiger partial charge is 0.398 e. The number of anilines is 1. The second-order valence-electron chi connectivity index (χ2n) is 4.85.